The second-order valence-electron chi connectivity index (χ2n) is 9.47. The molecule has 35 heavy (non-hydrogen) atoms. The molecule has 1 heterocycles. The highest BCUT2D eigenvalue weighted by Gasteiger charge is 2.25. The third-order valence-electron chi connectivity index (χ3n) is 6.34. The van der Waals surface area contributed by atoms with Gasteiger partial charge in [-0.1, -0.05) is 56.3 Å². The molecule has 1 aromatic heterocycles. The fourth-order valence-electron chi connectivity index (χ4n) is 4.66. The van der Waals surface area contributed by atoms with Gasteiger partial charge in [0.25, 0.3) is 5.56 Å². The van der Waals surface area contributed by atoms with Crippen molar-refractivity contribution in [2.24, 2.45) is 5.92 Å². The molecule has 0 saturated carbocycles. The molecule has 184 valence electrons. The van der Waals surface area contributed by atoms with Crippen LogP contribution in [0.25, 0.3) is 0 Å². The van der Waals surface area contributed by atoms with E-state index in [1.807, 2.05) is 56.3 Å². The van der Waals surface area contributed by atoms with Gasteiger partial charge in [-0.3, -0.25) is 19.1 Å². The second-order valence-corrected chi connectivity index (χ2v) is 9.47. The van der Waals surface area contributed by atoms with Crippen LogP contribution in [0.3, 0.4) is 0 Å². The van der Waals surface area contributed by atoms with E-state index >= 15 is 0 Å². The lowest BCUT2D eigenvalue weighted by atomic mass is 9.90. The number of rotatable bonds is 8. The lowest BCUT2D eigenvalue weighted by Crippen LogP contribution is -2.44. The number of nitrogens with zero attached hydrogens (tertiary/aromatic N) is 2. The highest BCUT2D eigenvalue weighted by molar-refractivity contribution is 5.98. The number of aromatic nitrogens is 2. The number of nitrogens with two attached hydrogens (primary N) is 1. The summed E-state index contributed by atoms with van der Waals surface area (Å²) in [7, 11) is 0. The lowest BCUT2D eigenvalue weighted by molar-refractivity contribution is -0.117. The van der Waals surface area contributed by atoms with Gasteiger partial charge in [0.15, 0.2) is 5.69 Å². The first-order valence-electron chi connectivity index (χ1n) is 12.2. The van der Waals surface area contributed by atoms with E-state index in [1.165, 1.54) is 27.0 Å². The van der Waals surface area contributed by atoms with Crippen molar-refractivity contribution in [2.75, 3.05) is 29.0 Å². The Bertz CT molecular complexity index is 1310. The Kier molecular flexibility index (Phi) is 7.39. The molecule has 0 atom stereocenters. The van der Waals surface area contributed by atoms with Crippen LogP contribution in [0.1, 0.15) is 43.4 Å². The quantitative estimate of drug-likeness (QED) is 0.463. The van der Waals surface area contributed by atoms with Crippen molar-refractivity contribution in [3.05, 3.63) is 86.1 Å². The van der Waals surface area contributed by atoms with Gasteiger partial charge in [0, 0.05) is 12.2 Å². The molecule has 2 aromatic carbocycles. The van der Waals surface area contributed by atoms with Crippen molar-refractivity contribution in [3.8, 4) is 0 Å². The molecule has 4 N–H and O–H groups in total. The summed E-state index contributed by atoms with van der Waals surface area (Å²) in [5.74, 6) is -0.223. The van der Waals surface area contributed by atoms with Crippen LogP contribution in [0.5, 0.6) is 0 Å². The lowest BCUT2D eigenvalue weighted by Gasteiger charge is -2.27. The topological polar surface area (TPSA) is 113 Å². The van der Waals surface area contributed by atoms with Crippen LogP contribution >= 0.6 is 0 Å². The van der Waals surface area contributed by atoms with Crippen molar-refractivity contribution in [1.82, 2.24) is 9.55 Å². The number of carbonyl (C=O) groups is 1. The van der Waals surface area contributed by atoms with Crippen LogP contribution in [-0.2, 0) is 24.2 Å². The van der Waals surface area contributed by atoms with Gasteiger partial charge in [-0.2, -0.15) is 0 Å². The van der Waals surface area contributed by atoms with Crippen molar-refractivity contribution in [1.29, 1.82) is 0 Å². The van der Waals surface area contributed by atoms with E-state index in [0.29, 0.717) is 6.54 Å². The molecule has 1 amide bonds. The van der Waals surface area contributed by atoms with E-state index in [4.69, 9.17) is 5.73 Å². The maximum absolute atomic E-state index is 13.4. The van der Waals surface area contributed by atoms with Crippen molar-refractivity contribution < 1.29 is 4.79 Å². The number of amides is 1. The summed E-state index contributed by atoms with van der Waals surface area (Å²) in [6.07, 6.45) is 4.35. The zero-order valence-corrected chi connectivity index (χ0v) is 20.3. The van der Waals surface area contributed by atoms with E-state index < -0.39 is 11.2 Å². The molecule has 3 aromatic rings. The van der Waals surface area contributed by atoms with Gasteiger partial charge >= 0.3 is 5.69 Å². The maximum atomic E-state index is 13.4. The fourth-order valence-corrected chi connectivity index (χ4v) is 4.66. The van der Waals surface area contributed by atoms with Gasteiger partial charge in [-0.05, 0) is 54.4 Å². The summed E-state index contributed by atoms with van der Waals surface area (Å²) < 4.78 is 1.30. The number of hydrogen-bond acceptors (Lipinski definition) is 5. The smallest absolute Gasteiger partial charge is 0.330 e. The van der Waals surface area contributed by atoms with Gasteiger partial charge in [0.05, 0.1) is 13.1 Å². The first-order chi connectivity index (χ1) is 16.8. The molecule has 0 bridgehead atoms. The summed E-state index contributed by atoms with van der Waals surface area (Å²) in [6.45, 7) is 4.43. The predicted octanol–water partition coefficient (Wildman–Crippen LogP) is 3.15. The number of benzene rings is 2. The second kappa shape index (κ2) is 10.6. The third-order valence-corrected chi connectivity index (χ3v) is 6.34. The van der Waals surface area contributed by atoms with Gasteiger partial charge in [-0.25, -0.2) is 4.79 Å². The van der Waals surface area contributed by atoms with E-state index in [9.17, 15) is 14.4 Å². The number of nitrogen functional groups attached to an aromatic ring is 1. The molecule has 4 rings (SSSR count). The third kappa shape index (κ3) is 5.48. The van der Waals surface area contributed by atoms with Gasteiger partial charge in [-0.15, -0.1) is 0 Å². The minimum atomic E-state index is -0.664. The van der Waals surface area contributed by atoms with Gasteiger partial charge < -0.3 is 16.0 Å². The Balaban J connectivity index is 1.64. The number of anilines is 3. The molecule has 0 aliphatic heterocycles. The van der Waals surface area contributed by atoms with E-state index in [-0.39, 0.29) is 36.4 Å². The molecule has 8 heteroatoms. The molecule has 0 unspecified atom stereocenters. The Labute approximate surface area is 204 Å². The number of nitrogens with one attached hydrogen (secondary N) is 2. The number of aryl methyl sites for hydroxylation is 1. The molecule has 0 radical (unpaired) electrons. The summed E-state index contributed by atoms with van der Waals surface area (Å²) in [5, 5.41) is 3.29. The fraction of sp³-hybridized carbons (Fsp3) is 0.370. The Morgan fingerprint density at radius 1 is 1.09 bits per heavy atom. The summed E-state index contributed by atoms with van der Waals surface area (Å²) in [6, 6.07) is 15.5. The standard InChI is InChI=1S/C27H33N5O3/c1-18(2)16-31(23(33)15-29-22-14-8-12-20-11-6-7-13-21(20)22)24-25(28)32(27(35)30-26(24)34)17-19-9-4-3-5-10-19/h3-5,8-10,12,14,18,29H,6-7,11,13,15-17,28H2,1-2H3,(H,30,34,35). The maximum Gasteiger partial charge on any atom is 0.330 e. The summed E-state index contributed by atoms with van der Waals surface area (Å²) in [4.78, 5) is 42.7. The minimum absolute atomic E-state index is 0.0103. The highest BCUT2D eigenvalue weighted by Crippen LogP contribution is 2.28. The van der Waals surface area contributed by atoms with Crippen LogP contribution < -0.4 is 27.2 Å². The van der Waals surface area contributed by atoms with Crippen LogP contribution in [-0.4, -0.2) is 28.5 Å². The Morgan fingerprint density at radius 3 is 2.57 bits per heavy atom. The van der Waals surface area contributed by atoms with Crippen LogP contribution in [0.2, 0.25) is 0 Å². The summed E-state index contributed by atoms with van der Waals surface area (Å²) >= 11 is 0. The van der Waals surface area contributed by atoms with E-state index in [2.05, 4.69) is 16.4 Å². The molecule has 0 spiro atoms. The largest absolute Gasteiger partial charge is 0.383 e. The predicted molar refractivity (Wildman–Crippen MR) is 140 cm³/mol. The van der Waals surface area contributed by atoms with Crippen molar-refractivity contribution in [2.45, 2.75) is 46.1 Å². The number of fused-ring (bicyclic) bond motifs is 1. The number of aromatic amines is 1. The molecule has 1 aliphatic rings. The van der Waals surface area contributed by atoms with E-state index in [1.54, 1.807) is 0 Å². The monoisotopic (exact) mass is 475 g/mol. The number of carbonyl (C=O) groups excluding carboxylic acids is 1. The Morgan fingerprint density at radius 2 is 1.83 bits per heavy atom. The van der Waals surface area contributed by atoms with Crippen molar-refractivity contribution >= 4 is 23.1 Å². The number of H-pyrrole nitrogens is 1. The first kappa shape index (κ1) is 24.3. The molecule has 1 aliphatic carbocycles. The minimum Gasteiger partial charge on any atom is -0.383 e. The van der Waals surface area contributed by atoms with Gasteiger partial charge in [0.2, 0.25) is 5.91 Å². The molecule has 0 fully saturated rings. The van der Waals surface area contributed by atoms with Gasteiger partial charge in [0.1, 0.15) is 5.82 Å². The average Bonchev–Trinajstić information content (AvgIpc) is 2.84. The van der Waals surface area contributed by atoms with Crippen LogP contribution in [0.4, 0.5) is 17.2 Å². The van der Waals surface area contributed by atoms with Crippen molar-refractivity contribution in [3.63, 3.8) is 0 Å². The molecule has 0 saturated heterocycles. The SMILES string of the molecule is CC(C)CN(C(=O)CNc1cccc2c1CCCC2)c1c(N)n(Cc2ccccc2)c(=O)[nH]c1=O. The number of hydrogen-bond donors (Lipinski definition) is 3. The molecule has 8 nitrogen and oxygen atoms in total. The van der Waals surface area contributed by atoms with Crippen LogP contribution in [0, 0.1) is 5.92 Å². The normalized spacial score (nSPS) is 12.9. The zero-order chi connectivity index (χ0) is 24.9. The Hall–Kier alpha value is -3.81. The highest BCUT2D eigenvalue weighted by atomic mass is 16.2. The summed E-state index contributed by atoms with van der Waals surface area (Å²) in [5.41, 5.74) is 9.51. The molecular formula is C27H33N5O3. The first-order valence-corrected chi connectivity index (χ1v) is 12.2. The van der Waals surface area contributed by atoms with Crippen LogP contribution in [0.15, 0.2) is 58.1 Å². The molecular weight excluding hydrogens is 442 g/mol. The zero-order valence-electron chi connectivity index (χ0n) is 20.3. The average molecular weight is 476 g/mol. The van der Waals surface area contributed by atoms with E-state index in [0.717, 1.165) is 30.5 Å².